The molecule has 1 rings (SSSR count). The number of hydrogen-bond acceptors (Lipinski definition) is 6. The van der Waals surface area contributed by atoms with Gasteiger partial charge in [-0.15, -0.1) is 0 Å². The van der Waals surface area contributed by atoms with Gasteiger partial charge < -0.3 is 32.1 Å². The first kappa shape index (κ1) is 23.8. The molecule has 0 aliphatic carbocycles. The van der Waals surface area contributed by atoms with Crippen molar-refractivity contribution in [3.63, 3.8) is 0 Å². The van der Waals surface area contributed by atoms with E-state index >= 15 is 0 Å². The Morgan fingerprint density at radius 2 is 1.89 bits per heavy atom. The van der Waals surface area contributed by atoms with E-state index in [0.29, 0.717) is 32.4 Å². The van der Waals surface area contributed by atoms with E-state index in [1.165, 1.54) is 4.90 Å². The SMILES string of the molecule is CC(C)C(NC(=O)CNC(=O)C(N)CCCCN)C(=O)N1CCCC1C(=O)O. The first-order valence-electron chi connectivity index (χ1n) is 9.75. The Kier molecular flexibility index (Phi) is 9.88. The number of carboxylic acid groups (broad SMARTS) is 1. The second-order valence-corrected chi connectivity index (χ2v) is 7.43. The highest BCUT2D eigenvalue weighted by Crippen LogP contribution is 2.20. The summed E-state index contributed by atoms with van der Waals surface area (Å²) in [6, 6.07) is -2.44. The molecule has 3 atom stereocenters. The lowest BCUT2D eigenvalue weighted by Gasteiger charge is -2.29. The van der Waals surface area contributed by atoms with Crippen LogP contribution in [0.4, 0.5) is 0 Å². The lowest BCUT2D eigenvalue weighted by atomic mass is 10.0. The van der Waals surface area contributed by atoms with Crippen LogP contribution in [0.5, 0.6) is 0 Å². The molecule has 0 aromatic heterocycles. The molecule has 28 heavy (non-hydrogen) atoms. The molecule has 3 unspecified atom stereocenters. The van der Waals surface area contributed by atoms with Crippen LogP contribution in [0.25, 0.3) is 0 Å². The Morgan fingerprint density at radius 1 is 1.21 bits per heavy atom. The predicted octanol–water partition coefficient (Wildman–Crippen LogP) is -1.22. The van der Waals surface area contributed by atoms with E-state index in [4.69, 9.17) is 11.5 Å². The fourth-order valence-corrected chi connectivity index (χ4v) is 3.14. The molecule has 0 saturated carbocycles. The van der Waals surface area contributed by atoms with Gasteiger partial charge in [-0.2, -0.15) is 0 Å². The fraction of sp³-hybridized carbons (Fsp3) is 0.778. The average Bonchev–Trinajstić information content (AvgIpc) is 3.13. The third-order valence-electron chi connectivity index (χ3n) is 4.80. The zero-order valence-electron chi connectivity index (χ0n) is 16.6. The molecule has 1 aliphatic heterocycles. The number of likely N-dealkylation sites (tertiary alicyclic amines) is 1. The van der Waals surface area contributed by atoms with Crippen molar-refractivity contribution in [2.75, 3.05) is 19.6 Å². The van der Waals surface area contributed by atoms with Crippen molar-refractivity contribution in [2.24, 2.45) is 17.4 Å². The van der Waals surface area contributed by atoms with Gasteiger partial charge in [0.1, 0.15) is 12.1 Å². The highest BCUT2D eigenvalue weighted by Gasteiger charge is 2.38. The van der Waals surface area contributed by atoms with Crippen LogP contribution in [0.2, 0.25) is 0 Å². The smallest absolute Gasteiger partial charge is 0.326 e. The van der Waals surface area contributed by atoms with E-state index in [9.17, 15) is 24.3 Å². The molecule has 1 saturated heterocycles. The zero-order chi connectivity index (χ0) is 21.3. The van der Waals surface area contributed by atoms with Crippen LogP contribution >= 0.6 is 0 Å². The molecule has 0 aromatic rings. The minimum absolute atomic E-state index is 0.235. The molecule has 7 N–H and O–H groups in total. The maximum Gasteiger partial charge on any atom is 0.326 e. The van der Waals surface area contributed by atoms with Crippen molar-refractivity contribution < 1.29 is 24.3 Å². The average molecular weight is 399 g/mol. The van der Waals surface area contributed by atoms with Crippen molar-refractivity contribution in [1.82, 2.24) is 15.5 Å². The van der Waals surface area contributed by atoms with Gasteiger partial charge in [0.25, 0.3) is 0 Å². The largest absolute Gasteiger partial charge is 0.480 e. The van der Waals surface area contributed by atoms with Crippen LogP contribution in [0.15, 0.2) is 0 Å². The molecular formula is C18H33N5O5. The number of amides is 3. The summed E-state index contributed by atoms with van der Waals surface area (Å²) in [7, 11) is 0. The second kappa shape index (κ2) is 11.6. The van der Waals surface area contributed by atoms with Crippen LogP contribution in [0.1, 0.15) is 46.0 Å². The van der Waals surface area contributed by atoms with Crippen molar-refractivity contribution in [3.8, 4) is 0 Å². The highest BCUT2D eigenvalue weighted by molar-refractivity contribution is 5.92. The fourth-order valence-electron chi connectivity index (χ4n) is 3.14. The number of carbonyl (C=O) groups is 4. The van der Waals surface area contributed by atoms with Crippen molar-refractivity contribution in [1.29, 1.82) is 0 Å². The summed E-state index contributed by atoms with van der Waals surface area (Å²) in [5.41, 5.74) is 11.2. The van der Waals surface area contributed by atoms with Crippen LogP contribution in [0.3, 0.4) is 0 Å². The summed E-state index contributed by atoms with van der Waals surface area (Å²) in [5.74, 6) is -2.67. The third-order valence-corrected chi connectivity index (χ3v) is 4.80. The lowest BCUT2D eigenvalue weighted by molar-refractivity contribution is -0.150. The predicted molar refractivity (Wildman–Crippen MR) is 103 cm³/mol. The van der Waals surface area contributed by atoms with Gasteiger partial charge in [-0.1, -0.05) is 20.3 Å². The third kappa shape index (κ3) is 7.08. The summed E-state index contributed by atoms with van der Waals surface area (Å²) in [6.45, 7) is 4.11. The minimum Gasteiger partial charge on any atom is -0.480 e. The van der Waals surface area contributed by atoms with Gasteiger partial charge in [-0.3, -0.25) is 14.4 Å². The monoisotopic (exact) mass is 399 g/mol. The van der Waals surface area contributed by atoms with E-state index in [2.05, 4.69) is 10.6 Å². The van der Waals surface area contributed by atoms with E-state index < -0.39 is 41.8 Å². The van der Waals surface area contributed by atoms with E-state index in [1.807, 2.05) is 0 Å². The number of hydrogen-bond donors (Lipinski definition) is 5. The van der Waals surface area contributed by atoms with Crippen LogP contribution < -0.4 is 22.1 Å². The Bertz CT molecular complexity index is 569. The summed E-state index contributed by atoms with van der Waals surface area (Å²) in [5, 5.41) is 14.3. The Morgan fingerprint density at radius 3 is 2.46 bits per heavy atom. The molecule has 3 amide bonds. The number of carbonyl (C=O) groups excluding carboxylic acids is 3. The van der Waals surface area contributed by atoms with E-state index in [-0.39, 0.29) is 12.5 Å². The van der Waals surface area contributed by atoms with Crippen LogP contribution in [0, 0.1) is 5.92 Å². The normalized spacial score (nSPS) is 18.6. The quantitative estimate of drug-likeness (QED) is 0.271. The first-order chi connectivity index (χ1) is 13.2. The molecule has 10 nitrogen and oxygen atoms in total. The molecule has 0 bridgehead atoms. The Hall–Kier alpha value is -2.20. The number of rotatable bonds is 11. The van der Waals surface area contributed by atoms with Crippen molar-refractivity contribution in [2.45, 2.75) is 64.1 Å². The summed E-state index contributed by atoms with van der Waals surface area (Å²) in [6.07, 6.45) is 2.98. The molecule has 10 heteroatoms. The van der Waals surface area contributed by atoms with Crippen molar-refractivity contribution in [3.05, 3.63) is 0 Å². The summed E-state index contributed by atoms with van der Waals surface area (Å²) >= 11 is 0. The minimum atomic E-state index is -1.05. The van der Waals surface area contributed by atoms with Crippen LogP contribution in [-0.4, -0.2) is 71.5 Å². The Balaban J connectivity index is 2.57. The number of carboxylic acids is 1. The lowest BCUT2D eigenvalue weighted by Crippen LogP contribution is -2.55. The molecule has 1 fully saturated rings. The number of nitrogens with zero attached hydrogens (tertiary/aromatic N) is 1. The highest BCUT2D eigenvalue weighted by atomic mass is 16.4. The molecule has 0 radical (unpaired) electrons. The second-order valence-electron chi connectivity index (χ2n) is 7.43. The molecule has 160 valence electrons. The molecule has 1 heterocycles. The molecule has 1 aliphatic rings. The maximum atomic E-state index is 12.8. The summed E-state index contributed by atoms with van der Waals surface area (Å²) in [4.78, 5) is 49.5. The van der Waals surface area contributed by atoms with Gasteiger partial charge in [-0.25, -0.2) is 4.79 Å². The number of aliphatic carboxylic acids is 1. The van der Waals surface area contributed by atoms with Gasteiger partial charge in [0.15, 0.2) is 0 Å². The van der Waals surface area contributed by atoms with Crippen molar-refractivity contribution >= 4 is 23.7 Å². The summed E-state index contributed by atoms with van der Waals surface area (Å²) < 4.78 is 0. The number of nitrogens with two attached hydrogens (primary N) is 2. The number of nitrogens with one attached hydrogen (secondary N) is 2. The van der Waals surface area contributed by atoms with Crippen LogP contribution in [-0.2, 0) is 19.2 Å². The maximum absolute atomic E-state index is 12.8. The number of unbranched alkanes of at least 4 members (excludes halogenated alkanes) is 1. The zero-order valence-corrected chi connectivity index (χ0v) is 16.6. The standard InChI is InChI=1S/C18H33N5O5/c1-11(2)15(17(26)23-9-5-7-13(23)18(27)28)22-14(24)10-21-16(25)12(20)6-3-4-8-19/h11-13,15H,3-10,19-20H2,1-2H3,(H,21,25)(H,22,24)(H,27,28). The van der Waals surface area contributed by atoms with Gasteiger partial charge >= 0.3 is 5.97 Å². The molecule has 0 spiro atoms. The topological polar surface area (TPSA) is 168 Å². The van der Waals surface area contributed by atoms with Gasteiger partial charge in [0, 0.05) is 6.54 Å². The van der Waals surface area contributed by atoms with Gasteiger partial charge in [0.05, 0.1) is 12.6 Å². The Labute approximate surface area is 165 Å². The first-order valence-corrected chi connectivity index (χ1v) is 9.75. The van der Waals surface area contributed by atoms with Gasteiger partial charge in [-0.05, 0) is 38.1 Å². The van der Waals surface area contributed by atoms with Gasteiger partial charge in [0.2, 0.25) is 17.7 Å². The van der Waals surface area contributed by atoms with E-state index in [1.54, 1.807) is 13.8 Å². The molecular weight excluding hydrogens is 366 g/mol. The molecule has 0 aromatic carbocycles. The van der Waals surface area contributed by atoms with E-state index in [0.717, 1.165) is 12.8 Å².